The van der Waals surface area contributed by atoms with Gasteiger partial charge in [0.05, 0.1) is 13.2 Å². The zero-order valence-corrected chi connectivity index (χ0v) is 9.28. The van der Waals surface area contributed by atoms with Crippen LogP contribution in [0.3, 0.4) is 0 Å². The fourth-order valence-corrected chi connectivity index (χ4v) is 2.04. The van der Waals surface area contributed by atoms with Crippen LogP contribution in [0.15, 0.2) is 30.3 Å². The number of rotatable bonds is 4. The Balaban J connectivity index is 1.67. The van der Waals surface area contributed by atoms with Gasteiger partial charge in [0.1, 0.15) is 0 Å². The van der Waals surface area contributed by atoms with Gasteiger partial charge in [0.2, 0.25) is 0 Å². The fraction of sp³-hybridized carbons (Fsp3) is 0.538. The van der Waals surface area contributed by atoms with Gasteiger partial charge >= 0.3 is 0 Å². The average Bonchev–Trinajstić information content (AvgIpc) is 2.66. The molecule has 1 aliphatic heterocycles. The lowest BCUT2D eigenvalue weighted by Gasteiger charge is -2.12. The van der Waals surface area contributed by atoms with Crippen molar-refractivity contribution in [1.29, 1.82) is 0 Å². The first-order valence-electron chi connectivity index (χ1n) is 5.72. The van der Waals surface area contributed by atoms with E-state index in [0.29, 0.717) is 12.1 Å². The molecule has 0 aromatic heterocycles. The smallest absolute Gasteiger partial charge is 0.0717 e. The standard InChI is InChI=1S/C13H19NO/c1-11-7-8-13(14-11)10-15-9-12-5-3-2-4-6-12/h2-6,11,13-14H,7-10H2,1H3/t11-,13-/m0/s1. The van der Waals surface area contributed by atoms with Crippen molar-refractivity contribution in [2.45, 2.75) is 38.5 Å². The molecule has 0 radical (unpaired) electrons. The van der Waals surface area contributed by atoms with E-state index in [0.717, 1.165) is 13.2 Å². The average molecular weight is 205 g/mol. The predicted molar refractivity (Wildman–Crippen MR) is 61.7 cm³/mol. The van der Waals surface area contributed by atoms with E-state index in [1.54, 1.807) is 0 Å². The molecule has 2 heteroatoms. The summed E-state index contributed by atoms with van der Waals surface area (Å²) in [4.78, 5) is 0. The molecule has 82 valence electrons. The Morgan fingerprint density at radius 2 is 2.07 bits per heavy atom. The van der Waals surface area contributed by atoms with Crippen molar-refractivity contribution in [3.63, 3.8) is 0 Å². The van der Waals surface area contributed by atoms with Gasteiger partial charge in [0, 0.05) is 12.1 Å². The molecule has 0 aliphatic carbocycles. The monoisotopic (exact) mass is 205 g/mol. The Bertz CT molecular complexity index is 286. The summed E-state index contributed by atoms with van der Waals surface area (Å²) in [6, 6.07) is 11.6. The van der Waals surface area contributed by atoms with E-state index in [1.807, 2.05) is 6.07 Å². The van der Waals surface area contributed by atoms with Gasteiger partial charge in [-0.15, -0.1) is 0 Å². The fourth-order valence-electron chi connectivity index (χ4n) is 2.04. The maximum absolute atomic E-state index is 5.69. The molecule has 15 heavy (non-hydrogen) atoms. The highest BCUT2D eigenvalue weighted by molar-refractivity contribution is 5.13. The third kappa shape index (κ3) is 3.33. The van der Waals surface area contributed by atoms with Gasteiger partial charge in [-0.05, 0) is 25.3 Å². The summed E-state index contributed by atoms with van der Waals surface area (Å²) < 4.78 is 5.69. The van der Waals surface area contributed by atoms with Crippen LogP contribution in [0.4, 0.5) is 0 Å². The molecule has 0 spiro atoms. The maximum atomic E-state index is 5.69. The third-order valence-corrected chi connectivity index (χ3v) is 2.90. The van der Waals surface area contributed by atoms with Gasteiger partial charge in [-0.25, -0.2) is 0 Å². The van der Waals surface area contributed by atoms with Crippen LogP contribution in [-0.2, 0) is 11.3 Å². The molecule has 2 nitrogen and oxygen atoms in total. The minimum absolute atomic E-state index is 0.559. The van der Waals surface area contributed by atoms with E-state index < -0.39 is 0 Å². The van der Waals surface area contributed by atoms with Crippen LogP contribution in [0.25, 0.3) is 0 Å². The Morgan fingerprint density at radius 1 is 1.27 bits per heavy atom. The van der Waals surface area contributed by atoms with Gasteiger partial charge < -0.3 is 10.1 Å². The zero-order valence-electron chi connectivity index (χ0n) is 9.28. The van der Waals surface area contributed by atoms with Crippen molar-refractivity contribution in [2.24, 2.45) is 0 Å². The number of hydrogen-bond donors (Lipinski definition) is 1. The lowest BCUT2D eigenvalue weighted by molar-refractivity contribution is 0.102. The lowest BCUT2D eigenvalue weighted by atomic mass is 10.2. The molecule has 1 N–H and O–H groups in total. The molecule has 0 unspecified atom stereocenters. The highest BCUT2D eigenvalue weighted by Crippen LogP contribution is 2.12. The molecule has 2 atom stereocenters. The van der Waals surface area contributed by atoms with Crippen molar-refractivity contribution >= 4 is 0 Å². The van der Waals surface area contributed by atoms with E-state index in [4.69, 9.17) is 4.74 Å². The highest BCUT2D eigenvalue weighted by Gasteiger charge is 2.19. The molecule has 2 rings (SSSR count). The summed E-state index contributed by atoms with van der Waals surface area (Å²) in [5.41, 5.74) is 1.25. The largest absolute Gasteiger partial charge is 0.375 e. The van der Waals surface area contributed by atoms with Gasteiger partial charge in [-0.2, -0.15) is 0 Å². The SMILES string of the molecule is C[C@H]1CC[C@@H](COCc2ccccc2)N1. The Kier molecular flexibility index (Phi) is 3.75. The van der Waals surface area contributed by atoms with Crippen molar-refractivity contribution in [3.8, 4) is 0 Å². The van der Waals surface area contributed by atoms with Crippen molar-refractivity contribution in [3.05, 3.63) is 35.9 Å². The minimum atomic E-state index is 0.559. The number of nitrogens with one attached hydrogen (secondary N) is 1. The molecule has 1 heterocycles. The van der Waals surface area contributed by atoms with E-state index >= 15 is 0 Å². The summed E-state index contributed by atoms with van der Waals surface area (Å²) in [6.45, 7) is 3.80. The molecule has 0 amide bonds. The summed E-state index contributed by atoms with van der Waals surface area (Å²) in [5.74, 6) is 0. The second kappa shape index (κ2) is 5.29. The molecular weight excluding hydrogens is 186 g/mol. The van der Waals surface area contributed by atoms with Crippen LogP contribution >= 0.6 is 0 Å². The number of ether oxygens (including phenoxy) is 1. The van der Waals surface area contributed by atoms with Crippen molar-refractivity contribution in [2.75, 3.05) is 6.61 Å². The molecule has 1 aromatic rings. The van der Waals surface area contributed by atoms with Crippen LogP contribution in [0.5, 0.6) is 0 Å². The second-order valence-electron chi connectivity index (χ2n) is 4.34. The maximum Gasteiger partial charge on any atom is 0.0717 e. The van der Waals surface area contributed by atoms with Crippen LogP contribution in [-0.4, -0.2) is 18.7 Å². The summed E-state index contributed by atoms with van der Waals surface area (Å²) in [6.07, 6.45) is 2.52. The number of hydrogen-bond acceptors (Lipinski definition) is 2. The van der Waals surface area contributed by atoms with E-state index in [2.05, 4.69) is 36.5 Å². The van der Waals surface area contributed by atoms with E-state index in [1.165, 1.54) is 18.4 Å². The van der Waals surface area contributed by atoms with Gasteiger partial charge in [0.25, 0.3) is 0 Å². The Morgan fingerprint density at radius 3 is 2.73 bits per heavy atom. The molecule has 1 aromatic carbocycles. The normalized spacial score (nSPS) is 25.7. The molecular formula is C13H19NO. The highest BCUT2D eigenvalue weighted by atomic mass is 16.5. The van der Waals surface area contributed by atoms with E-state index in [-0.39, 0.29) is 0 Å². The molecule has 1 saturated heterocycles. The lowest BCUT2D eigenvalue weighted by Crippen LogP contribution is -2.30. The summed E-state index contributed by atoms with van der Waals surface area (Å²) >= 11 is 0. The molecule has 1 fully saturated rings. The summed E-state index contributed by atoms with van der Waals surface area (Å²) in [7, 11) is 0. The van der Waals surface area contributed by atoms with Crippen LogP contribution in [0, 0.1) is 0 Å². The quantitative estimate of drug-likeness (QED) is 0.814. The molecule has 0 bridgehead atoms. The topological polar surface area (TPSA) is 21.3 Å². The van der Waals surface area contributed by atoms with E-state index in [9.17, 15) is 0 Å². The second-order valence-corrected chi connectivity index (χ2v) is 4.34. The Labute approximate surface area is 91.6 Å². The first-order chi connectivity index (χ1) is 7.34. The van der Waals surface area contributed by atoms with Crippen LogP contribution < -0.4 is 5.32 Å². The van der Waals surface area contributed by atoms with Gasteiger partial charge in [-0.1, -0.05) is 30.3 Å². The summed E-state index contributed by atoms with van der Waals surface area (Å²) in [5, 5.41) is 3.52. The first-order valence-corrected chi connectivity index (χ1v) is 5.72. The third-order valence-electron chi connectivity index (χ3n) is 2.90. The zero-order chi connectivity index (χ0) is 10.5. The molecule has 1 aliphatic rings. The van der Waals surface area contributed by atoms with Crippen molar-refractivity contribution in [1.82, 2.24) is 5.32 Å². The predicted octanol–water partition coefficient (Wildman–Crippen LogP) is 2.34. The van der Waals surface area contributed by atoms with Gasteiger partial charge in [-0.3, -0.25) is 0 Å². The molecule has 0 saturated carbocycles. The minimum Gasteiger partial charge on any atom is -0.375 e. The van der Waals surface area contributed by atoms with Crippen LogP contribution in [0.1, 0.15) is 25.3 Å². The number of benzene rings is 1. The van der Waals surface area contributed by atoms with Crippen molar-refractivity contribution < 1.29 is 4.74 Å². The van der Waals surface area contributed by atoms with Crippen LogP contribution in [0.2, 0.25) is 0 Å². The Hall–Kier alpha value is -0.860. The van der Waals surface area contributed by atoms with Gasteiger partial charge in [0.15, 0.2) is 0 Å². The first kappa shape index (κ1) is 10.7.